The molecule has 0 aliphatic carbocycles. The van der Waals surface area contributed by atoms with Crippen molar-refractivity contribution in [2.75, 3.05) is 0 Å². The first-order chi connectivity index (χ1) is 21.3. The van der Waals surface area contributed by atoms with Gasteiger partial charge in [-0.3, -0.25) is 0 Å². The number of fused-ring (bicyclic) bond motifs is 8. The van der Waals surface area contributed by atoms with Gasteiger partial charge in [0.25, 0.3) is 0 Å². The van der Waals surface area contributed by atoms with Gasteiger partial charge in [0.1, 0.15) is 33.8 Å². The number of hydrogen-bond acceptors (Lipinski definition) is 3. The van der Waals surface area contributed by atoms with Crippen molar-refractivity contribution in [1.29, 1.82) is 0 Å². The molecule has 1 aliphatic heterocycles. The predicted molar refractivity (Wildman–Crippen MR) is 175 cm³/mol. The van der Waals surface area contributed by atoms with Crippen LogP contribution in [0.5, 0.6) is 11.5 Å². The molecule has 0 unspecified atom stereocenters. The van der Waals surface area contributed by atoms with Crippen LogP contribution >= 0.6 is 0 Å². The molecule has 10 rings (SSSR count). The maximum absolute atomic E-state index is 6.53. The molecule has 0 atom stereocenters. The topological polar surface area (TPSA) is 35.5 Å². The van der Waals surface area contributed by atoms with Gasteiger partial charge in [0.15, 0.2) is 0 Å². The first-order valence-corrected chi connectivity index (χ1v) is 14.5. The highest BCUT2D eigenvalue weighted by Gasteiger charge is 2.21. The van der Waals surface area contributed by atoms with Crippen LogP contribution in [0.25, 0.3) is 88.0 Å². The summed E-state index contributed by atoms with van der Waals surface area (Å²) in [5, 5.41) is 6.78. The van der Waals surface area contributed by atoms with Crippen LogP contribution in [0.15, 0.2) is 142 Å². The van der Waals surface area contributed by atoms with Gasteiger partial charge in [-0.1, -0.05) is 78.9 Å². The monoisotopic (exact) mass is 550 g/mol. The summed E-state index contributed by atoms with van der Waals surface area (Å²) in [6, 6.07) is 46.6. The van der Waals surface area contributed by atoms with Crippen molar-refractivity contribution in [3.8, 4) is 44.9 Å². The van der Waals surface area contributed by atoms with Crippen LogP contribution < -0.4 is 4.74 Å². The molecule has 43 heavy (non-hydrogen) atoms. The number of rotatable bonds is 2. The normalized spacial score (nSPS) is 12.4. The molecule has 9 aromatic rings. The Morgan fingerprint density at radius 1 is 0.372 bits per heavy atom. The second kappa shape index (κ2) is 8.37. The lowest BCUT2D eigenvalue weighted by Crippen LogP contribution is -1.97. The van der Waals surface area contributed by atoms with Crippen LogP contribution in [0, 0.1) is 0 Å². The summed E-state index contributed by atoms with van der Waals surface area (Å²) >= 11 is 0. The lowest BCUT2D eigenvalue weighted by molar-refractivity contribution is 0.487. The lowest BCUT2D eigenvalue weighted by Gasteiger charge is -2.22. The first-order valence-electron chi connectivity index (χ1n) is 14.5. The van der Waals surface area contributed by atoms with E-state index in [9.17, 15) is 0 Å². The highest BCUT2D eigenvalue weighted by atomic mass is 16.5. The Hall–Kier alpha value is -5.80. The smallest absolute Gasteiger partial charge is 0.143 e. The van der Waals surface area contributed by atoms with Gasteiger partial charge in [0.2, 0.25) is 0 Å². The molecule has 0 fully saturated rings. The minimum atomic E-state index is 0.863. The van der Waals surface area contributed by atoms with Gasteiger partial charge in [-0.15, -0.1) is 0 Å². The van der Waals surface area contributed by atoms with Gasteiger partial charge in [0.05, 0.1) is 0 Å². The molecular weight excluding hydrogens is 528 g/mol. The largest absolute Gasteiger partial charge is 0.456 e. The molecule has 0 bridgehead atoms. The summed E-state index contributed by atoms with van der Waals surface area (Å²) in [5.41, 5.74) is 10.2. The van der Waals surface area contributed by atoms with Gasteiger partial charge in [-0.25, -0.2) is 0 Å². The van der Waals surface area contributed by atoms with E-state index in [1.165, 1.54) is 5.56 Å². The molecule has 0 radical (unpaired) electrons. The summed E-state index contributed by atoms with van der Waals surface area (Å²) in [6.07, 6.45) is 0. The summed E-state index contributed by atoms with van der Waals surface area (Å²) in [7, 11) is 0. The van der Waals surface area contributed by atoms with Crippen molar-refractivity contribution < 1.29 is 13.6 Å². The molecule has 2 aromatic heterocycles. The number of hydrogen-bond donors (Lipinski definition) is 0. The minimum absolute atomic E-state index is 0.863. The summed E-state index contributed by atoms with van der Waals surface area (Å²) in [4.78, 5) is 0. The first kappa shape index (κ1) is 22.8. The van der Waals surface area contributed by atoms with Gasteiger partial charge in [0, 0.05) is 38.1 Å². The van der Waals surface area contributed by atoms with Gasteiger partial charge in [-0.05, 0) is 82.2 Å². The Bertz CT molecular complexity index is 2600. The van der Waals surface area contributed by atoms with E-state index in [0.717, 1.165) is 94.0 Å². The number of furan rings is 2. The van der Waals surface area contributed by atoms with Crippen LogP contribution in [-0.2, 0) is 0 Å². The molecule has 3 nitrogen and oxygen atoms in total. The van der Waals surface area contributed by atoms with Gasteiger partial charge < -0.3 is 13.6 Å². The second-order valence-corrected chi connectivity index (χ2v) is 11.3. The van der Waals surface area contributed by atoms with E-state index >= 15 is 0 Å². The summed E-state index contributed by atoms with van der Waals surface area (Å²) in [5.74, 6) is 1.79. The molecule has 0 amide bonds. The second-order valence-electron chi connectivity index (χ2n) is 11.3. The summed E-state index contributed by atoms with van der Waals surface area (Å²) in [6.45, 7) is 0. The average Bonchev–Trinajstić information content (AvgIpc) is 3.62. The van der Waals surface area contributed by atoms with E-state index in [2.05, 4.69) is 103 Å². The van der Waals surface area contributed by atoms with Crippen molar-refractivity contribution in [3.05, 3.63) is 133 Å². The standard InChI is InChI=1S/C40H22O3/c1-4-13-35-28(8-1)32-11-6-10-27(40(32)43-35)24-16-18-31-30-17-15-23(21-37(30)42-38(31)22-24)26-19-25-7-5-14-36-39(25)33(20-26)29-9-2-3-12-34(29)41-36/h1-22H. The zero-order chi connectivity index (χ0) is 28.1. The molecule has 0 saturated heterocycles. The fourth-order valence-electron chi connectivity index (χ4n) is 6.85. The van der Waals surface area contributed by atoms with E-state index in [-0.39, 0.29) is 0 Å². The van der Waals surface area contributed by atoms with Crippen LogP contribution in [0.3, 0.4) is 0 Å². The molecule has 7 aromatic carbocycles. The van der Waals surface area contributed by atoms with Crippen molar-refractivity contribution >= 4 is 54.6 Å². The third-order valence-electron chi connectivity index (χ3n) is 8.86. The predicted octanol–water partition coefficient (Wildman–Crippen LogP) is 11.7. The van der Waals surface area contributed by atoms with E-state index in [1.54, 1.807) is 0 Å². The maximum Gasteiger partial charge on any atom is 0.143 e. The number of benzene rings is 7. The SMILES string of the molecule is c1ccc2c(c1)Oc1cccc3cc(-c4ccc5c(c4)oc4cc(-c6cccc7c6oc6ccccc67)ccc45)cc-2c13. The van der Waals surface area contributed by atoms with Crippen LogP contribution in [0.2, 0.25) is 0 Å². The molecule has 3 heterocycles. The minimum Gasteiger partial charge on any atom is -0.456 e. The Morgan fingerprint density at radius 2 is 1.07 bits per heavy atom. The Kier molecular flexibility index (Phi) is 4.45. The number of para-hydroxylation sites is 3. The van der Waals surface area contributed by atoms with Gasteiger partial charge >= 0.3 is 0 Å². The highest BCUT2D eigenvalue weighted by Crippen LogP contribution is 2.48. The molecule has 0 spiro atoms. The Morgan fingerprint density at radius 3 is 2.00 bits per heavy atom. The fourth-order valence-corrected chi connectivity index (χ4v) is 6.85. The summed E-state index contributed by atoms with van der Waals surface area (Å²) < 4.78 is 19.1. The highest BCUT2D eigenvalue weighted by molar-refractivity contribution is 6.12. The molecule has 0 N–H and O–H groups in total. The van der Waals surface area contributed by atoms with Crippen molar-refractivity contribution in [3.63, 3.8) is 0 Å². The zero-order valence-electron chi connectivity index (χ0n) is 22.9. The average molecular weight is 551 g/mol. The third kappa shape index (κ3) is 3.25. The van der Waals surface area contributed by atoms with E-state index in [1.807, 2.05) is 30.3 Å². The molecule has 0 saturated carbocycles. The van der Waals surface area contributed by atoms with Crippen LogP contribution in [0.4, 0.5) is 0 Å². The van der Waals surface area contributed by atoms with E-state index in [0.29, 0.717) is 0 Å². The van der Waals surface area contributed by atoms with Gasteiger partial charge in [-0.2, -0.15) is 0 Å². The molecular formula is C40H22O3. The zero-order valence-corrected chi connectivity index (χ0v) is 22.9. The Balaban J connectivity index is 1.12. The Labute approximate surface area is 246 Å². The third-order valence-corrected chi connectivity index (χ3v) is 8.86. The molecule has 200 valence electrons. The van der Waals surface area contributed by atoms with Crippen LogP contribution in [-0.4, -0.2) is 0 Å². The van der Waals surface area contributed by atoms with Crippen LogP contribution in [0.1, 0.15) is 0 Å². The molecule has 1 aliphatic rings. The van der Waals surface area contributed by atoms with Crippen molar-refractivity contribution in [1.82, 2.24) is 0 Å². The lowest BCUT2D eigenvalue weighted by atomic mass is 9.90. The number of ether oxygens (including phenoxy) is 1. The van der Waals surface area contributed by atoms with Crippen molar-refractivity contribution in [2.24, 2.45) is 0 Å². The fraction of sp³-hybridized carbons (Fsp3) is 0. The maximum atomic E-state index is 6.53. The quantitative estimate of drug-likeness (QED) is 0.215. The van der Waals surface area contributed by atoms with Crippen molar-refractivity contribution in [2.45, 2.75) is 0 Å². The molecule has 3 heteroatoms. The van der Waals surface area contributed by atoms with E-state index in [4.69, 9.17) is 13.6 Å². The van der Waals surface area contributed by atoms with E-state index < -0.39 is 0 Å².